The molecule has 1 saturated heterocycles. The van der Waals surface area contributed by atoms with E-state index >= 15 is 0 Å². The first-order valence-electron chi connectivity index (χ1n) is 5.36. The van der Waals surface area contributed by atoms with Crippen LogP contribution in [0, 0.1) is 5.92 Å². The van der Waals surface area contributed by atoms with Gasteiger partial charge in [-0.3, -0.25) is 19.5 Å². The van der Waals surface area contributed by atoms with Gasteiger partial charge in [0, 0.05) is 18.7 Å². The van der Waals surface area contributed by atoms with Crippen molar-refractivity contribution >= 4 is 28.8 Å². The van der Waals surface area contributed by atoms with Gasteiger partial charge in [-0.05, 0) is 6.92 Å². The van der Waals surface area contributed by atoms with E-state index in [1.165, 1.54) is 0 Å². The van der Waals surface area contributed by atoms with Crippen LogP contribution in [0.5, 0.6) is 0 Å². The molecule has 16 heavy (non-hydrogen) atoms. The van der Waals surface area contributed by atoms with Crippen LogP contribution < -0.4 is 0 Å². The topological polar surface area (TPSA) is 59.0 Å². The van der Waals surface area contributed by atoms with Gasteiger partial charge in [0.2, 0.25) is 5.91 Å². The minimum absolute atomic E-state index is 0.0220. The summed E-state index contributed by atoms with van der Waals surface area (Å²) in [5, 5.41) is 0.761. The molecule has 2 aliphatic rings. The average molecular weight is 242 g/mol. The summed E-state index contributed by atoms with van der Waals surface area (Å²) in [6.07, 6.45) is 0.248. The molecule has 0 aromatic carbocycles. The number of likely N-dealkylation sites (tertiary alicyclic amines) is 1. The monoisotopic (exact) mass is 242 g/mol. The molecule has 2 aliphatic heterocycles. The molecule has 6 heteroatoms. The van der Waals surface area contributed by atoms with Crippen LogP contribution in [0.1, 0.15) is 13.3 Å². The Hall–Kier alpha value is -1.04. The summed E-state index contributed by atoms with van der Waals surface area (Å²) >= 11 is 1.57. The summed E-state index contributed by atoms with van der Waals surface area (Å²) in [5.74, 6) is 0.299. The Balaban J connectivity index is 1.98. The molecule has 0 saturated carbocycles. The molecule has 5 nitrogen and oxygen atoms in total. The van der Waals surface area contributed by atoms with Crippen LogP contribution >= 0.6 is 11.8 Å². The molecule has 1 amide bonds. The molecule has 0 N–H and O–H groups in total. The fourth-order valence-corrected chi connectivity index (χ4v) is 2.68. The Labute approximate surface area is 98.2 Å². The van der Waals surface area contributed by atoms with Crippen molar-refractivity contribution in [2.45, 2.75) is 13.3 Å². The number of hydrogen-bond acceptors (Lipinski definition) is 5. The number of amides is 1. The second-order valence-corrected chi connectivity index (χ2v) is 4.73. The minimum Gasteiger partial charge on any atom is -0.466 e. The van der Waals surface area contributed by atoms with Crippen molar-refractivity contribution in [3.63, 3.8) is 0 Å². The number of hydrogen-bond donors (Lipinski definition) is 0. The van der Waals surface area contributed by atoms with Crippen LogP contribution in [0.3, 0.4) is 0 Å². The third kappa shape index (κ3) is 2.21. The Morgan fingerprint density at radius 2 is 2.50 bits per heavy atom. The SMILES string of the molecule is CCOC(=O)[C@H]1CC(=O)N(C2=NCCS2)C1. The van der Waals surface area contributed by atoms with E-state index in [0.29, 0.717) is 13.2 Å². The van der Waals surface area contributed by atoms with E-state index in [0.717, 1.165) is 17.5 Å². The molecule has 1 atom stereocenters. The predicted molar refractivity (Wildman–Crippen MR) is 61.2 cm³/mol. The fourth-order valence-electron chi connectivity index (χ4n) is 1.80. The van der Waals surface area contributed by atoms with Crippen LogP contribution in [-0.4, -0.2) is 47.4 Å². The van der Waals surface area contributed by atoms with Gasteiger partial charge < -0.3 is 4.74 Å². The molecule has 88 valence electrons. The van der Waals surface area contributed by atoms with E-state index < -0.39 is 0 Å². The summed E-state index contributed by atoms with van der Waals surface area (Å²) in [6, 6.07) is 0. The molecule has 0 aromatic heterocycles. The Morgan fingerprint density at radius 3 is 3.12 bits per heavy atom. The second-order valence-electron chi connectivity index (χ2n) is 3.67. The van der Waals surface area contributed by atoms with Gasteiger partial charge >= 0.3 is 5.97 Å². The minimum atomic E-state index is -0.323. The van der Waals surface area contributed by atoms with Crippen LogP contribution in [0.4, 0.5) is 0 Å². The summed E-state index contributed by atoms with van der Waals surface area (Å²) in [7, 11) is 0. The maximum Gasteiger partial charge on any atom is 0.311 e. The lowest BCUT2D eigenvalue weighted by Crippen LogP contribution is -2.30. The van der Waals surface area contributed by atoms with Crippen LogP contribution in [0.2, 0.25) is 0 Å². The van der Waals surface area contributed by atoms with Gasteiger partial charge in [-0.25, -0.2) is 0 Å². The number of amidine groups is 1. The van der Waals surface area contributed by atoms with Gasteiger partial charge in [-0.1, -0.05) is 11.8 Å². The number of rotatable bonds is 2. The van der Waals surface area contributed by atoms with Gasteiger partial charge in [0.1, 0.15) is 0 Å². The van der Waals surface area contributed by atoms with E-state index in [4.69, 9.17) is 4.74 Å². The first-order chi connectivity index (χ1) is 7.72. The lowest BCUT2D eigenvalue weighted by atomic mass is 10.1. The molecule has 1 fully saturated rings. The molecule has 0 radical (unpaired) electrons. The van der Waals surface area contributed by atoms with Gasteiger partial charge in [0.05, 0.1) is 19.1 Å². The van der Waals surface area contributed by atoms with Crippen molar-refractivity contribution in [1.29, 1.82) is 0 Å². The molecular formula is C10H14N2O3S. The van der Waals surface area contributed by atoms with Crippen LogP contribution in [0.25, 0.3) is 0 Å². The lowest BCUT2D eigenvalue weighted by molar-refractivity contribution is -0.147. The molecule has 0 aliphatic carbocycles. The molecule has 0 bridgehead atoms. The maximum atomic E-state index is 11.7. The molecule has 2 heterocycles. The number of carbonyl (C=O) groups is 2. The summed E-state index contributed by atoms with van der Waals surface area (Å²) < 4.78 is 4.92. The van der Waals surface area contributed by atoms with E-state index in [1.54, 1.807) is 23.6 Å². The fraction of sp³-hybridized carbons (Fsp3) is 0.700. The molecule has 0 unspecified atom stereocenters. The second kappa shape index (κ2) is 4.86. The first kappa shape index (κ1) is 11.4. The van der Waals surface area contributed by atoms with Crippen molar-refractivity contribution in [2.24, 2.45) is 10.9 Å². The molecular weight excluding hydrogens is 228 g/mol. The normalized spacial score (nSPS) is 24.8. The third-order valence-corrected chi connectivity index (χ3v) is 3.54. The number of aliphatic imine (C=N–C) groups is 1. The van der Waals surface area contributed by atoms with E-state index in [1.807, 2.05) is 0 Å². The zero-order valence-electron chi connectivity index (χ0n) is 9.14. The van der Waals surface area contributed by atoms with Crippen molar-refractivity contribution in [3.8, 4) is 0 Å². The van der Waals surface area contributed by atoms with E-state index in [2.05, 4.69) is 4.99 Å². The summed E-state index contributed by atoms with van der Waals surface area (Å²) in [4.78, 5) is 29.1. The lowest BCUT2D eigenvalue weighted by Gasteiger charge is -2.14. The van der Waals surface area contributed by atoms with Gasteiger partial charge in [-0.15, -0.1) is 0 Å². The predicted octanol–water partition coefficient (Wildman–Crippen LogP) is 0.501. The average Bonchev–Trinajstić information content (AvgIpc) is 2.86. The standard InChI is InChI=1S/C10H14N2O3S/c1-2-15-9(14)7-5-8(13)12(6-7)10-11-3-4-16-10/h7H,2-6H2,1H3/t7-/m0/s1. The number of ether oxygens (including phenoxy) is 1. The highest BCUT2D eigenvalue weighted by Crippen LogP contribution is 2.25. The maximum absolute atomic E-state index is 11.7. The number of thioether (sulfide) groups is 1. The van der Waals surface area contributed by atoms with Gasteiger partial charge in [0.15, 0.2) is 5.17 Å². The highest BCUT2D eigenvalue weighted by Gasteiger charge is 2.38. The third-order valence-electron chi connectivity index (χ3n) is 2.55. The Kier molecular flexibility index (Phi) is 3.48. The van der Waals surface area contributed by atoms with Gasteiger partial charge in [-0.2, -0.15) is 0 Å². The highest BCUT2D eigenvalue weighted by atomic mass is 32.2. The number of nitrogens with zero attached hydrogens (tertiary/aromatic N) is 2. The largest absolute Gasteiger partial charge is 0.466 e. The Morgan fingerprint density at radius 1 is 1.69 bits per heavy atom. The number of esters is 1. The van der Waals surface area contributed by atoms with E-state index in [-0.39, 0.29) is 24.2 Å². The zero-order valence-corrected chi connectivity index (χ0v) is 9.96. The quantitative estimate of drug-likeness (QED) is 0.662. The Bertz CT molecular complexity index is 343. The summed E-state index contributed by atoms with van der Waals surface area (Å²) in [6.45, 7) is 3.31. The van der Waals surface area contributed by atoms with Crippen molar-refractivity contribution in [1.82, 2.24) is 4.90 Å². The zero-order chi connectivity index (χ0) is 11.5. The van der Waals surface area contributed by atoms with Crippen molar-refractivity contribution in [3.05, 3.63) is 0 Å². The van der Waals surface area contributed by atoms with Crippen molar-refractivity contribution < 1.29 is 14.3 Å². The molecule has 0 aromatic rings. The number of carbonyl (C=O) groups excluding carboxylic acids is 2. The van der Waals surface area contributed by atoms with Crippen molar-refractivity contribution in [2.75, 3.05) is 25.4 Å². The smallest absolute Gasteiger partial charge is 0.311 e. The molecule has 2 rings (SSSR count). The van der Waals surface area contributed by atoms with Gasteiger partial charge in [0.25, 0.3) is 0 Å². The molecule has 0 spiro atoms. The first-order valence-corrected chi connectivity index (χ1v) is 6.35. The van der Waals surface area contributed by atoms with Crippen LogP contribution in [-0.2, 0) is 14.3 Å². The van der Waals surface area contributed by atoms with E-state index in [9.17, 15) is 9.59 Å². The highest BCUT2D eigenvalue weighted by molar-refractivity contribution is 8.14. The van der Waals surface area contributed by atoms with Crippen LogP contribution in [0.15, 0.2) is 4.99 Å². The summed E-state index contributed by atoms with van der Waals surface area (Å²) in [5.41, 5.74) is 0.